The summed E-state index contributed by atoms with van der Waals surface area (Å²) in [5.41, 5.74) is 2.08. The molecule has 0 aliphatic heterocycles. The van der Waals surface area contributed by atoms with Crippen molar-refractivity contribution in [2.24, 2.45) is 0 Å². The van der Waals surface area contributed by atoms with E-state index in [4.69, 9.17) is 0 Å². The standard InChI is InChI=1S/C9H17N5O/c1-7-8(14-6-13-7)5-11-3-4-12-9(15)10-2/h6,11H,3-5H2,1-2H3,(H,13,14)(H2,10,12,15). The third-order valence-corrected chi connectivity index (χ3v) is 2.04. The van der Waals surface area contributed by atoms with E-state index in [-0.39, 0.29) is 6.03 Å². The molecule has 1 aromatic heterocycles. The lowest BCUT2D eigenvalue weighted by molar-refractivity contribution is 0.243. The van der Waals surface area contributed by atoms with E-state index in [9.17, 15) is 4.79 Å². The Morgan fingerprint density at radius 3 is 2.93 bits per heavy atom. The number of nitrogens with zero attached hydrogens (tertiary/aromatic N) is 1. The maximum atomic E-state index is 10.8. The number of aromatic nitrogens is 2. The van der Waals surface area contributed by atoms with Crippen LogP contribution in [0.2, 0.25) is 0 Å². The SMILES string of the molecule is CNC(=O)NCCNCc1nc[nH]c1C. The Labute approximate surface area is 88.9 Å². The van der Waals surface area contributed by atoms with E-state index in [1.54, 1.807) is 13.4 Å². The van der Waals surface area contributed by atoms with E-state index in [0.29, 0.717) is 13.1 Å². The number of amides is 2. The number of H-pyrrole nitrogens is 1. The van der Waals surface area contributed by atoms with E-state index in [1.165, 1.54) is 0 Å². The van der Waals surface area contributed by atoms with Gasteiger partial charge in [0.15, 0.2) is 0 Å². The zero-order chi connectivity index (χ0) is 11.1. The van der Waals surface area contributed by atoms with Crippen LogP contribution >= 0.6 is 0 Å². The molecule has 2 amide bonds. The van der Waals surface area contributed by atoms with Gasteiger partial charge < -0.3 is 20.9 Å². The number of nitrogens with one attached hydrogen (secondary N) is 4. The molecule has 0 saturated carbocycles. The van der Waals surface area contributed by atoms with Crippen molar-refractivity contribution in [1.29, 1.82) is 0 Å². The smallest absolute Gasteiger partial charge is 0.314 e. The third kappa shape index (κ3) is 3.99. The molecule has 0 aromatic carbocycles. The highest BCUT2D eigenvalue weighted by molar-refractivity contribution is 5.73. The van der Waals surface area contributed by atoms with Gasteiger partial charge in [0.05, 0.1) is 12.0 Å². The summed E-state index contributed by atoms with van der Waals surface area (Å²) < 4.78 is 0. The first kappa shape index (κ1) is 11.5. The highest BCUT2D eigenvalue weighted by Crippen LogP contribution is 1.98. The molecule has 0 atom stereocenters. The average molecular weight is 211 g/mol. The van der Waals surface area contributed by atoms with Crippen molar-refractivity contribution in [3.05, 3.63) is 17.7 Å². The predicted molar refractivity (Wildman–Crippen MR) is 57.5 cm³/mol. The Hall–Kier alpha value is -1.56. The monoisotopic (exact) mass is 211 g/mol. The molecule has 0 radical (unpaired) electrons. The maximum Gasteiger partial charge on any atom is 0.314 e. The van der Waals surface area contributed by atoms with E-state index in [1.807, 2.05) is 6.92 Å². The Morgan fingerprint density at radius 2 is 2.33 bits per heavy atom. The number of carbonyl (C=O) groups excluding carboxylic acids is 1. The molecular formula is C9H17N5O. The number of aryl methyl sites for hydroxylation is 1. The van der Waals surface area contributed by atoms with Gasteiger partial charge in [-0.3, -0.25) is 0 Å². The van der Waals surface area contributed by atoms with Crippen LogP contribution in [-0.4, -0.2) is 36.1 Å². The average Bonchev–Trinajstić information content (AvgIpc) is 2.63. The van der Waals surface area contributed by atoms with Crippen LogP contribution in [0.5, 0.6) is 0 Å². The van der Waals surface area contributed by atoms with Gasteiger partial charge in [-0.2, -0.15) is 0 Å². The molecule has 0 unspecified atom stereocenters. The summed E-state index contributed by atoms with van der Waals surface area (Å²) in [6, 6.07) is -0.159. The molecule has 1 heterocycles. The summed E-state index contributed by atoms with van der Waals surface area (Å²) in [6.45, 7) is 4.01. The molecule has 15 heavy (non-hydrogen) atoms. The van der Waals surface area contributed by atoms with E-state index >= 15 is 0 Å². The first-order valence-electron chi connectivity index (χ1n) is 4.89. The number of rotatable bonds is 5. The summed E-state index contributed by atoms with van der Waals surface area (Å²) in [5.74, 6) is 0. The number of hydrogen-bond donors (Lipinski definition) is 4. The van der Waals surface area contributed by atoms with Gasteiger partial charge in [-0.1, -0.05) is 0 Å². The molecule has 84 valence electrons. The van der Waals surface area contributed by atoms with E-state index in [2.05, 4.69) is 25.9 Å². The number of carbonyl (C=O) groups is 1. The second-order valence-electron chi connectivity index (χ2n) is 3.16. The fourth-order valence-electron chi connectivity index (χ4n) is 1.12. The lowest BCUT2D eigenvalue weighted by Crippen LogP contribution is -2.37. The van der Waals surface area contributed by atoms with Gasteiger partial charge in [-0.25, -0.2) is 9.78 Å². The fourth-order valence-corrected chi connectivity index (χ4v) is 1.12. The van der Waals surface area contributed by atoms with Crippen molar-refractivity contribution in [3.8, 4) is 0 Å². The van der Waals surface area contributed by atoms with Crippen LogP contribution in [0.15, 0.2) is 6.33 Å². The third-order valence-electron chi connectivity index (χ3n) is 2.04. The molecule has 1 aromatic rings. The molecule has 6 nitrogen and oxygen atoms in total. The van der Waals surface area contributed by atoms with Crippen molar-refractivity contribution in [3.63, 3.8) is 0 Å². The topological polar surface area (TPSA) is 81.8 Å². The zero-order valence-electron chi connectivity index (χ0n) is 9.05. The minimum absolute atomic E-state index is 0.159. The van der Waals surface area contributed by atoms with Crippen LogP contribution in [-0.2, 0) is 6.54 Å². The predicted octanol–water partition coefficient (Wildman–Crippen LogP) is -0.263. The highest BCUT2D eigenvalue weighted by Gasteiger charge is 1.99. The number of imidazole rings is 1. The minimum Gasteiger partial charge on any atom is -0.348 e. The molecule has 6 heteroatoms. The van der Waals surface area contributed by atoms with Gasteiger partial charge >= 0.3 is 6.03 Å². The Kier molecular flexibility index (Phi) is 4.62. The number of urea groups is 1. The molecular weight excluding hydrogens is 194 g/mol. The van der Waals surface area contributed by atoms with E-state index < -0.39 is 0 Å². The normalized spacial score (nSPS) is 10.0. The first-order chi connectivity index (χ1) is 7.24. The van der Waals surface area contributed by atoms with Gasteiger partial charge in [0.2, 0.25) is 0 Å². The van der Waals surface area contributed by atoms with Gasteiger partial charge in [0, 0.05) is 32.4 Å². The van der Waals surface area contributed by atoms with Crippen molar-refractivity contribution in [2.45, 2.75) is 13.5 Å². The summed E-state index contributed by atoms with van der Waals surface area (Å²) in [7, 11) is 1.59. The molecule has 0 spiro atoms. The van der Waals surface area contributed by atoms with Crippen molar-refractivity contribution < 1.29 is 4.79 Å². The molecule has 4 N–H and O–H groups in total. The van der Waals surface area contributed by atoms with Crippen LogP contribution in [0.1, 0.15) is 11.4 Å². The van der Waals surface area contributed by atoms with Gasteiger partial charge in [-0.15, -0.1) is 0 Å². The largest absolute Gasteiger partial charge is 0.348 e. The molecule has 1 rings (SSSR count). The molecule has 0 saturated heterocycles. The zero-order valence-corrected chi connectivity index (χ0v) is 9.05. The fraction of sp³-hybridized carbons (Fsp3) is 0.556. The molecule has 0 fully saturated rings. The summed E-state index contributed by atoms with van der Waals surface area (Å²) in [6.07, 6.45) is 1.68. The van der Waals surface area contributed by atoms with Gasteiger partial charge in [-0.05, 0) is 6.92 Å². The second-order valence-corrected chi connectivity index (χ2v) is 3.16. The van der Waals surface area contributed by atoms with Crippen molar-refractivity contribution in [2.75, 3.05) is 20.1 Å². The Balaban J connectivity index is 2.07. The summed E-state index contributed by atoms with van der Waals surface area (Å²) in [4.78, 5) is 17.9. The van der Waals surface area contributed by atoms with Crippen LogP contribution in [0.4, 0.5) is 4.79 Å². The molecule has 0 aliphatic rings. The molecule has 0 aliphatic carbocycles. The second kappa shape index (κ2) is 6.02. The van der Waals surface area contributed by atoms with Crippen LogP contribution in [0, 0.1) is 6.92 Å². The van der Waals surface area contributed by atoms with Crippen LogP contribution in [0.25, 0.3) is 0 Å². The van der Waals surface area contributed by atoms with Crippen LogP contribution in [0.3, 0.4) is 0 Å². The quantitative estimate of drug-likeness (QED) is 0.506. The maximum absolute atomic E-state index is 10.8. The van der Waals surface area contributed by atoms with Crippen molar-refractivity contribution >= 4 is 6.03 Å². The minimum atomic E-state index is -0.159. The number of hydrogen-bond acceptors (Lipinski definition) is 3. The lowest BCUT2D eigenvalue weighted by Gasteiger charge is -2.05. The number of aromatic amines is 1. The highest BCUT2D eigenvalue weighted by atomic mass is 16.2. The first-order valence-corrected chi connectivity index (χ1v) is 4.89. The summed E-state index contributed by atoms with van der Waals surface area (Å²) in [5, 5.41) is 8.35. The van der Waals surface area contributed by atoms with Gasteiger partial charge in [0.1, 0.15) is 0 Å². The van der Waals surface area contributed by atoms with Crippen LogP contribution < -0.4 is 16.0 Å². The Bertz CT molecular complexity index is 309. The van der Waals surface area contributed by atoms with Gasteiger partial charge in [0.25, 0.3) is 0 Å². The summed E-state index contributed by atoms with van der Waals surface area (Å²) >= 11 is 0. The molecule has 0 bridgehead atoms. The van der Waals surface area contributed by atoms with Crippen molar-refractivity contribution in [1.82, 2.24) is 25.9 Å². The van der Waals surface area contributed by atoms with E-state index in [0.717, 1.165) is 17.9 Å². The Morgan fingerprint density at radius 1 is 1.53 bits per heavy atom. The lowest BCUT2D eigenvalue weighted by atomic mass is 10.3.